The summed E-state index contributed by atoms with van der Waals surface area (Å²) in [6.07, 6.45) is 1.25. The minimum Gasteiger partial charge on any atom is -0.324 e. The Morgan fingerprint density at radius 3 is 2.43 bits per heavy atom. The van der Waals surface area contributed by atoms with Gasteiger partial charge in [0.1, 0.15) is 0 Å². The van der Waals surface area contributed by atoms with E-state index in [0.29, 0.717) is 18.4 Å². The van der Waals surface area contributed by atoms with Crippen molar-refractivity contribution in [3.8, 4) is 0 Å². The number of carbonyl (C=O) groups is 1. The Labute approximate surface area is 82.9 Å². The van der Waals surface area contributed by atoms with Crippen molar-refractivity contribution in [3.05, 3.63) is 35.4 Å². The van der Waals surface area contributed by atoms with Gasteiger partial charge in [0.25, 0.3) is 0 Å². The highest BCUT2D eigenvalue weighted by Crippen LogP contribution is 2.07. The molecule has 3 heteroatoms. The van der Waals surface area contributed by atoms with Gasteiger partial charge in [-0.3, -0.25) is 9.18 Å². The summed E-state index contributed by atoms with van der Waals surface area (Å²) in [6.45, 7) is -0.271. The van der Waals surface area contributed by atoms with E-state index in [9.17, 15) is 9.18 Å². The van der Waals surface area contributed by atoms with Crippen molar-refractivity contribution in [2.24, 2.45) is 5.73 Å². The van der Waals surface area contributed by atoms with Crippen molar-refractivity contribution < 1.29 is 9.18 Å². The second-order valence-electron chi connectivity index (χ2n) is 3.12. The van der Waals surface area contributed by atoms with E-state index in [1.165, 1.54) is 0 Å². The molecule has 0 aliphatic heterocycles. The molecule has 0 saturated heterocycles. The second kappa shape index (κ2) is 5.50. The number of alkyl halides is 1. The number of halogens is 1. The zero-order chi connectivity index (χ0) is 10.4. The topological polar surface area (TPSA) is 43.1 Å². The molecule has 0 unspecified atom stereocenters. The molecule has 0 aliphatic rings. The van der Waals surface area contributed by atoms with Crippen molar-refractivity contribution in [3.63, 3.8) is 0 Å². The van der Waals surface area contributed by atoms with Gasteiger partial charge in [-0.2, -0.15) is 0 Å². The summed E-state index contributed by atoms with van der Waals surface area (Å²) in [5, 5.41) is 0. The molecule has 2 nitrogen and oxygen atoms in total. The van der Waals surface area contributed by atoms with Gasteiger partial charge in [-0.05, 0) is 18.4 Å². The molecule has 0 bridgehead atoms. The molecule has 1 rings (SSSR count). The summed E-state index contributed by atoms with van der Waals surface area (Å²) in [5.41, 5.74) is 6.90. The Hall–Kier alpha value is -1.22. The van der Waals surface area contributed by atoms with Crippen LogP contribution in [0.15, 0.2) is 24.3 Å². The maximum atomic E-state index is 11.9. The summed E-state index contributed by atoms with van der Waals surface area (Å²) in [4.78, 5) is 11.2. The van der Waals surface area contributed by atoms with E-state index in [1.807, 2.05) is 12.1 Å². The Kier molecular flexibility index (Phi) is 4.26. The predicted octanol–water partition coefficient (Wildman–Crippen LogP) is 1.73. The molecule has 0 atom stereocenters. The molecule has 0 aromatic heterocycles. The van der Waals surface area contributed by atoms with Crippen molar-refractivity contribution in [2.45, 2.75) is 12.8 Å². The lowest BCUT2D eigenvalue weighted by molar-refractivity contribution is 0.100. The quantitative estimate of drug-likeness (QED) is 0.727. The van der Waals surface area contributed by atoms with Gasteiger partial charge in [0, 0.05) is 5.56 Å². The second-order valence-corrected chi connectivity index (χ2v) is 3.12. The van der Waals surface area contributed by atoms with Crippen molar-refractivity contribution in [2.75, 3.05) is 13.2 Å². The summed E-state index contributed by atoms with van der Waals surface area (Å²) in [6, 6.07) is 7.17. The summed E-state index contributed by atoms with van der Waals surface area (Å²) < 4.78 is 11.9. The number of nitrogens with two attached hydrogens (primary N) is 1. The number of ketones is 1. The third-order valence-electron chi connectivity index (χ3n) is 2.06. The average molecular weight is 195 g/mol. The fourth-order valence-corrected chi connectivity index (χ4v) is 1.25. The number of rotatable bonds is 5. The van der Waals surface area contributed by atoms with E-state index >= 15 is 0 Å². The van der Waals surface area contributed by atoms with E-state index in [-0.39, 0.29) is 19.0 Å². The van der Waals surface area contributed by atoms with Gasteiger partial charge >= 0.3 is 0 Å². The zero-order valence-corrected chi connectivity index (χ0v) is 8.00. The molecule has 2 N–H and O–H groups in total. The maximum absolute atomic E-state index is 11.9. The Bertz CT molecular complexity index is 295. The van der Waals surface area contributed by atoms with Gasteiger partial charge in [0.15, 0.2) is 5.78 Å². The van der Waals surface area contributed by atoms with Crippen LogP contribution < -0.4 is 5.73 Å². The van der Waals surface area contributed by atoms with Crippen LogP contribution in [0.2, 0.25) is 0 Å². The first-order chi connectivity index (χ1) is 6.77. The molecule has 14 heavy (non-hydrogen) atoms. The third kappa shape index (κ3) is 2.92. The maximum Gasteiger partial charge on any atom is 0.176 e. The number of hydrogen-bond donors (Lipinski definition) is 1. The predicted molar refractivity (Wildman–Crippen MR) is 54.1 cm³/mol. The molecule has 0 fully saturated rings. The fourth-order valence-electron chi connectivity index (χ4n) is 1.25. The SMILES string of the molecule is NCC(=O)c1ccc(CCCF)cc1. The van der Waals surface area contributed by atoms with Crippen LogP contribution in [0.1, 0.15) is 22.3 Å². The van der Waals surface area contributed by atoms with E-state index < -0.39 is 0 Å². The van der Waals surface area contributed by atoms with Crippen LogP contribution >= 0.6 is 0 Å². The van der Waals surface area contributed by atoms with Gasteiger partial charge < -0.3 is 5.73 Å². The van der Waals surface area contributed by atoms with Crippen molar-refractivity contribution in [1.82, 2.24) is 0 Å². The smallest absolute Gasteiger partial charge is 0.176 e. The highest BCUT2D eigenvalue weighted by molar-refractivity contribution is 5.97. The first kappa shape index (κ1) is 10.9. The number of Topliss-reactive ketones (excluding diaryl/α,β-unsaturated/α-hetero) is 1. The fraction of sp³-hybridized carbons (Fsp3) is 0.364. The molecule has 0 aliphatic carbocycles. The molecular formula is C11H14FNO. The monoisotopic (exact) mass is 195 g/mol. The first-order valence-corrected chi connectivity index (χ1v) is 4.66. The highest BCUT2D eigenvalue weighted by atomic mass is 19.1. The number of carbonyl (C=O) groups excluding carboxylic acids is 1. The molecule has 0 spiro atoms. The molecular weight excluding hydrogens is 181 g/mol. The third-order valence-corrected chi connectivity index (χ3v) is 2.06. The van der Waals surface area contributed by atoms with Crippen LogP contribution in [-0.2, 0) is 6.42 Å². The minimum atomic E-state index is -0.302. The van der Waals surface area contributed by atoms with Crippen molar-refractivity contribution in [1.29, 1.82) is 0 Å². The summed E-state index contributed by atoms with van der Waals surface area (Å²) in [7, 11) is 0. The van der Waals surface area contributed by atoms with Crippen LogP contribution in [0.4, 0.5) is 4.39 Å². The van der Waals surface area contributed by atoms with Crippen LogP contribution in [0, 0.1) is 0 Å². The molecule has 0 amide bonds. The van der Waals surface area contributed by atoms with E-state index in [2.05, 4.69) is 0 Å². The molecule has 1 aromatic carbocycles. The molecule has 0 radical (unpaired) electrons. The molecule has 76 valence electrons. The lowest BCUT2D eigenvalue weighted by atomic mass is 10.1. The lowest BCUT2D eigenvalue weighted by Gasteiger charge is -2.01. The number of hydrogen-bond acceptors (Lipinski definition) is 2. The molecule has 0 saturated carbocycles. The normalized spacial score (nSPS) is 10.1. The molecule has 0 heterocycles. The number of aryl methyl sites for hydroxylation is 1. The van der Waals surface area contributed by atoms with Gasteiger partial charge in [0.05, 0.1) is 13.2 Å². The van der Waals surface area contributed by atoms with Gasteiger partial charge in [-0.25, -0.2) is 0 Å². The lowest BCUT2D eigenvalue weighted by Crippen LogP contribution is -2.13. The summed E-state index contributed by atoms with van der Waals surface area (Å²) >= 11 is 0. The van der Waals surface area contributed by atoms with E-state index in [0.717, 1.165) is 5.56 Å². The molecule has 1 aromatic rings. The van der Waals surface area contributed by atoms with Crippen LogP contribution in [-0.4, -0.2) is 19.0 Å². The van der Waals surface area contributed by atoms with Gasteiger partial charge in [0.2, 0.25) is 0 Å². The van der Waals surface area contributed by atoms with E-state index in [1.54, 1.807) is 12.1 Å². The highest BCUT2D eigenvalue weighted by Gasteiger charge is 2.02. The Balaban J connectivity index is 2.63. The standard InChI is InChI=1S/C11H14FNO/c12-7-1-2-9-3-5-10(6-4-9)11(14)8-13/h3-6H,1-2,7-8,13H2. The van der Waals surface area contributed by atoms with E-state index in [4.69, 9.17) is 5.73 Å². The Morgan fingerprint density at radius 1 is 1.29 bits per heavy atom. The number of benzene rings is 1. The van der Waals surface area contributed by atoms with Gasteiger partial charge in [-0.1, -0.05) is 24.3 Å². The van der Waals surface area contributed by atoms with Crippen LogP contribution in [0.3, 0.4) is 0 Å². The average Bonchev–Trinajstić information content (AvgIpc) is 2.26. The Morgan fingerprint density at radius 2 is 1.93 bits per heavy atom. The van der Waals surface area contributed by atoms with Gasteiger partial charge in [-0.15, -0.1) is 0 Å². The summed E-state index contributed by atoms with van der Waals surface area (Å²) in [5.74, 6) is -0.0676. The van der Waals surface area contributed by atoms with Crippen LogP contribution in [0.5, 0.6) is 0 Å². The first-order valence-electron chi connectivity index (χ1n) is 4.66. The zero-order valence-electron chi connectivity index (χ0n) is 8.00. The van der Waals surface area contributed by atoms with Crippen molar-refractivity contribution >= 4 is 5.78 Å². The van der Waals surface area contributed by atoms with Crippen LogP contribution in [0.25, 0.3) is 0 Å². The minimum absolute atomic E-state index is 0.0316. The largest absolute Gasteiger partial charge is 0.324 e.